The van der Waals surface area contributed by atoms with E-state index in [4.69, 9.17) is 4.55 Å². The standard InChI is InChI=1S/C5H9F2NO5S2/c6-5(7,15(11,12)13)14(9,10)8-3-1-2-4-8/h1-4H2,(H,11,12,13). The Bertz CT molecular complexity index is 436. The van der Waals surface area contributed by atoms with E-state index in [1.54, 1.807) is 0 Å². The lowest BCUT2D eigenvalue weighted by atomic mass is 10.4. The molecule has 1 rings (SSSR count). The van der Waals surface area contributed by atoms with Crippen molar-refractivity contribution in [3.05, 3.63) is 0 Å². The van der Waals surface area contributed by atoms with Crippen LogP contribution < -0.4 is 0 Å². The third-order valence-corrected chi connectivity index (χ3v) is 5.52. The molecule has 0 atom stereocenters. The zero-order valence-corrected chi connectivity index (χ0v) is 9.06. The molecule has 1 N–H and O–H groups in total. The summed E-state index contributed by atoms with van der Waals surface area (Å²) in [4.78, 5) is 0. The lowest BCUT2D eigenvalue weighted by Gasteiger charge is -2.20. The van der Waals surface area contributed by atoms with Crippen LogP contribution in [0.5, 0.6) is 0 Å². The van der Waals surface area contributed by atoms with Crippen molar-refractivity contribution in [2.75, 3.05) is 13.1 Å². The van der Waals surface area contributed by atoms with Crippen molar-refractivity contribution < 1.29 is 30.2 Å². The number of halogens is 2. The second-order valence-electron chi connectivity index (χ2n) is 3.05. The van der Waals surface area contributed by atoms with Crippen LogP contribution in [0.15, 0.2) is 0 Å². The van der Waals surface area contributed by atoms with Gasteiger partial charge in [-0.2, -0.15) is 21.5 Å². The normalized spacial score (nSPS) is 20.7. The van der Waals surface area contributed by atoms with Gasteiger partial charge in [-0.05, 0) is 12.8 Å². The predicted octanol–water partition coefficient (Wildman–Crippen LogP) is -0.150. The van der Waals surface area contributed by atoms with Crippen LogP contribution in [-0.2, 0) is 20.1 Å². The molecule has 1 aliphatic heterocycles. The van der Waals surface area contributed by atoms with Crippen molar-refractivity contribution >= 4 is 20.1 Å². The van der Waals surface area contributed by atoms with E-state index >= 15 is 0 Å². The van der Waals surface area contributed by atoms with E-state index in [9.17, 15) is 25.6 Å². The molecular formula is C5H9F2NO5S2. The van der Waals surface area contributed by atoms with Crippen molar-refractivity contribution in [3.8, 4) is 0 Å². The first-order valence-electron chi connectivity index (χ1n) is 3.95. The number of rotatable bonds is 3. The van der Waals surface area contributed by atoms with E-state index in [1.807, 2.05) is 0 Å². The van der Waals surface area contributed by atoms with Gasteiger partial charge in [0, 0.05) is 13.1 Å². The molecule has 1 aliphatic rings. The number of hydrogen-bond donors (Lipinski definition) is 1. The smallest absolute Gasteiger partial charge is 0.280 e. The molecule has 0 aromatic rings. The van der Waals surface area contributed by atoms with Gasteiger partial charge in [0.05, 0.1) is 0 Å². The maximum absolute atomic E-state index is 12.9. The maximum atomic E-state index is 12.9. The van der Waals surface area contributed by atoms with Gasteiger partial charge in [0.15, 0.2) is 0 Å². The van der Waals surface area contributed by atoms with Crippen molar-refractivity contribution in [2.45, 2.75) is 17.4 Å². The molecule has 0 aliphatic carbocycles. The molecule has 0 amide bonds. The first kappa shape index (κ1) is 12.7. The van der Waals surface area contributed by atoms with E-state index in [2.05, 4.69) is 0 Å². The molecule has 0 saturated carbocycles. The summed E-state index contributed by atoms with van der Waals surface area (Å²) in [5.41, 5.74) is 0. The largest absolute Gasteiger partial charge is 0.484 e. The Morgan fingerprint density at radius 1 is 1.07 bits per heavy atom. The molecule has 0 aromatic heterocycles. The van der Waals surface area contributed by atoms with Crippen LogP contribution >= 0.6 is 0 Å². The van der Waals surface area contributed by atoms with Crippen LogP contribution in [-0.4, -0.2) is 43.4 Å². The van der Waals surface area contributed by atoms with Crippen molar-refractivity contribution in [1.29, 1.82) is 0 Å². The van der Waals surface area contributed by atoms with Crippen LogP contribution in [0, 0.1) is 0 Å². The lowest BCUT2D eigenvalue weighted by molar-refractivity contribution is 0.157. The van der Waals surface area contributed by atoms with Crippen LogP contribution in [0.2, 0.25) is 0 Å². The molecule has 0 radical (unpaired) electrons. The third kappa shape index (κ3) is 1.98. The average molecular weight is 265 g/mol. The highest BCUT2D eigenvalue weighted by Gasteiger charge is 2.60. The Kier molecular flexibility index (Phi) is 3.07. The molecule has 90 valence electrons. The summed E-state index contributed by atoms with van der Waals surface area (Å²) in [6, 6.07) is 0. The minimum atomic E-state index is -5.96. The Balaban J connectivity index is 3.16. The molecule has 15 heavy (non-hydrogen) atoms. The van der Waals surface area contributed by atoms with E-state index in [-0.39, 0.29) is 13.1 Å². The topological polar surface area (TPSA) is 91.7 Å². The summed E-state index contributed by atoms with van der Waals surface area (Å²) in [6.45, 7) is -0.319. The van der Waals surface area contributed by atoms with Crippen molar-refractivity contribution in [1.82, 2.24) is 4.31 Å². The fourth-order valence-corrected chi connectivity index (χ4v) is 3.63. The maximum Gasteiger partial charge on any atom is 0.484 e. The second kappa shape index (κ2) is 3.61. The molecule has 0 bridgehead atoms. The van der Waals surface area contributed by atoms with Crippen LogP contribution in [0.1, 0.15) is 12.8 Å². The molecular weight excluding hydrogens is 256 g/mol. The van der Waals surface area contributed by atoms with Crippen molar-refractivity contribution in [3.63, 3.8) is 0 Å². The zero-order chi connectivity index (χ0) is 11.9. The summed E-state index contributed by atoms with van der Waals surface area (Å²) in [7, 11) is -11.3. The Labute approximate surface area is 85.7 Å². The van der Waals surface area contributed by atoms with Crippen LogP contribution in [0.25, 0.3) is 0 Å². The van der Waals surface area contributed by atoms with Gasteiger partial charge in [0.2, 0.25) is 0 Å². The fourth-order valence-electron chi connectivity index (χ4n) is 1.21. The van der Waals surface area contributed by atoms with Gasteiger partial charge >= 0.3 is 14.7 Å². The minimum absolute atomic E-state index is 0.159. The Morgan fingerprint density at radius 3 is 1.80 bits per heavy atom. The number of sulfonamides is 1. The first-order chi connectivity index (χ1) is 6.61. The van der Waals surface area contributed by atoms with Gasteiger partial charge in [-0.25, -0.2) is 8.42 Å². The van der Waals surface area contributed by atoms with E-state index in [0.29, 0.717) is 17.1 Å². The molecule has 1 fully saturated rings. The van der Waals surface area contributed by atoms with Gasteiger partial charge < -0.3 is 0 Å². The van der Waals surface area contributed by atoms with Crippen LogP contribution in [0.4, 0.5) is 8.78 Å². The monoisotopic (exact) mass is 265 g/mol. The molecule has 0 unspecified atom stereocenters. The molecule has 0 aromatic carbocycles. The van der Waals surface area contributed by atoms with Crippen molar-refractivity contribution in [2.24, 2.45) is 0 Å². The molecule has 0 spiro atoms. The predicted molar refractivity (Wildman–Crippen MR) is 46.2 cm³/mol. The highest BCUT2D eigenvalue weighted by molar-refractivity contribution is 8.06. The van der Waals surface area contributed by atoms with E-state index < -0.39 is 24.7 Å². The average Bonchev–Trinajstić information content (AvgIpc) is 2.53. The lowest BCUT2D eigenvalue weighted by Crippen LogP contribution is -2.46. The summed E-state index contributed by atoms with van der Waals surface area (Å²) in [5, 5.41) is 0. The number of hydrogen-bond acceptors (Lipinski definition) is 4. The highest BCUT2D eigenvalue weighted by atomic mass is 32.3. The number of alkyl halides is 2. The molecule has 1 heterocycles. The van der Waals surface area contributed by atoms with Gasteiger partial charge in [0.1, 0.15) is 0 Å². The summed E-state index contributed by atoms with van der Waals surface area (Å²) >= 11 is 0. The Morgan fingerprint density at radius 2 is 1.47 bits per heavy atom. The SMILES string of the molecule is O=S(=O)(O)C(F)(F)S(=O)(=O)N1CCCC1. The second-order valence-corrected chi connectivity index (χ2v) is 6.75. The third-order valence-electron chi connectivity index (χ3n) is 2.01. The quantitative estimate of drug-likeness (QED) is 0.716. The fraction of sp³-hybridized carbons (Fsp3) is 1.00. The molecule has 1 saturated heterocycles. The first-order valence-corrected chi connectivity index (χ1v) is 6.83. The van der Waals surface area contributed by atoms with E-state index in [0.717, 1.165) is 0 Å². The van der Waals surface area contributed by atoms with Crippen LogP contribution in [0.3, 0.4) is 0 Å². The summed E-state index contributed by atoms with van der Waals surface area (Å²) < 4.78 is 71.9. The Hall–Kier alpha value is -0.320. The van der Waals surface area contributed by atoms with Gasteiger partial charge in [0.25, 0.3) is 10.0 Å². The highest BCUT2D eigenvalue weighted by Crippen LogP contribution is 2.32. The zero-order valence-electron chi connectivity index (χ0n) is 7.43. The summed E-state index contributed by atoms with van der Waals surface area (Å²) in [5.74, 6) is 0. The van der Waals surface area contributed by atoms with E-state index in [1.165, 1.54) is 0 Å². The van der Waals surface area contributed by atoms with Gasteiger partial charge in [-0.3, -0.25) is 4.55 Å². The van der Waals surface area contributed by atoms with Gasteiger partial charge in [-0.1, -0.05) is 0 Å². The van der Waals surface area contributed by atoms with Gasteiger partial charge in [-0.15, -0.1) is 0 Å². The molecule has 10 heteroatoms. The molecule has 6 nitrogen and oxygen atoms in total. The summed E-state index contributed by atoms with van der Waals surface area (Å²) in [6.07, 6.45) is 0.779. The number of nitrogens with zero attached hydrogens (tertiary/aromatic N) is 1. The minimum Gasteiger partial charge on any atom is -0.280 e.